The number of thioether (sulfide) groups is 1. The lowest BCUT2D eigenvalue weighted by molar-refractivity contribution is -0.118. The first kappa shape index (κ1) is 18.7. The lowest BCUT2D eigenvalue weighted by Gasteiger charge is -2.12. The van der Waals surface area contributed by atoms with Crippen LogP contribution in [0.25, 0.3) is 17.1 Å². The van der Waals surface area contributed by atoms with Crippen LogP contribution in [0, 0.1) is 26.2 Å². The number of rotatable bonds is 6. The summed E-state index contributed by atoms with van der Waals surface area (Å²) in [6, 6.07) is 16.1. The molecule has 0 aliphatic heterocycles. The van der Waals surface area contributed by atoms with Crippen molar-refractivity contribution in [2.45, 2.75) is 19.0 Å². The van der Waals surface area contributed by atoms with Crippen molar-refractivity contribution in [3.05, 3.63) is 59.7 Å². The maximum absolute atomic E-state index is 11.9. The highest BCUT2D eigenvalue weighted by Crippen LogP contribution is 2.28. The summed E-state index contributed by atoms with van der Waals surface area (Å²) in [5.74, 6) is 3.23. The minimum absolute atomic E-state index is 0.131. The number of carbonyl (C=O) groups excluding carboxylic acids is 1. The van der Waals surface area contributed by atoms with Crippen molar-refractivity contribution in [1.82, 2.24) is 20.1 Å². The van der Waals surface area contributed by atoms with Crippen LogP contribution in [0.2, 0.25) is 0 Å². The van der Waals surface area contributed by atoms with Gasteiger partial charge in [0.15, 0.2) is 11.0 Å². The Balaban J connectivity index is 1.99. The number of benzene rings is 2. The van der Waals surface area contributed by atoms with Crippen molar-refractivity contribution in [2.75, 3.05) is 12.3 Å². The molecule has 1 amide bonds. The summed E-state index contributed by atoms with van der Waals surface area (Å²) < 4.78 is 1.99. The fraction of sp³-hybridized carbons (Fsp3) is 0.190. The number of nitrogens with one attached hydrogen (secondary N) is 1. The second kappa shape index (κ2) is 8.56. The van der Waals surface area contributed by atoms with E-state index in [2.05, 4.69) is 47.4 Å². The van der Waals surface area contributed by atoms with Gasteiger partial charge in [-0.05, 0) is 37.1 Å². The first-order valence-corrected chi connectivity index (χ1v) is 9.50. The maximum atomic E-state index is 11.9. The highest BCUT2D eigenvalue weighted by molar-refractivity contribution is 7.99. The van der Waals surface area contributed by atoms with E-state index in [0.717, 1.165) is 17.1 Å². The van der Waals surface area contributed by atoms with Crippen LogP contribution in [-0.2, 0) is 4.79 Å². The Morgan fingerprint density at radius 3 is 2.63 bits per heavy atom. The van der Waals surface area contributed by atoms with Crippen LogP contribution in [0.5, 0.6) is 0 Å². The molecule has 3 rings (SSSR count). The van der Waals surface area contributed by atoms with E-state index < -0.39 is 0 Å². The number of amides is 1. The van der Waals surface area contributed by atoms with Crippen molar-refractivity contribution in [3.8, 4) is 29.4 Å². The standard InChI is InChI=1S/C21H20N4OS/c1-4-12-22-19(26)14-27-21-24-23-20(17-8-6-5-7-9-17)25(21)18-11-10-15(2)16(3)13-18/h1,5-11,13H,12,14H2,2-3H3,(H,22,26). The summed E-state index contributed by atoms with van der Waals surface area (Å²) in [6.45, 7) is 4.37. The number of terminal acetylenes is 1. The Labute approximate surface area is 163 Å². The second-order valence-electron chi connectivity index (χ2n) is 6.05. The molecule has 0 fully saturated rings. The average molecular weight is 376 g/mol. The van der Waals surface area contributed by atoms with Gasteiger partial charge in [0.1, 0.15) is 0 Å². The summed E-state index contributed by atoms with van der Waals surface area (Å²) >= 11 is 1.33. The van der Waals surface area contributed by atoms with Crippen LogP contribution in [0.4, 0.5) is 0 Å². The highest BCUT2D eigenvalue weighted by atomic mass is 32.2. The van der Waals surface area contributed by atoms with Crippen LogP contribution in [-0.4, -0.2) is 33.0 Å². The minimum Gasteiger partial charge on any atom is -0.344 e. The quantitative estimate of drug-likeness (QED) is 0.529. The smallest absolute Gasteiger partial charge is 0.231 e. The predicted molar refractivity (Wildman–Crippen MR) is 109 cm³/mol. The van der Waals surface area contributed by atoms with E-state index in [4.69, 9.17) is 6.42 Å². The minimum atomic E-state index is -0.131. The van der Waals surface area contributed by atoms with Crippen LogP contribution >= 0.6 is 11.8 Å². The Kier molecular flexibility index (Phi) is 5.94. The number of carbonyl (C=O) groups is 1. The van der Waals surface area contributed by atoms with E-state index in [0.29, 0.717) is 5.16 Å². The van der Waals surface area contributed by atoms with E-state index in [9.17, 15) is 4.79 Å². The van der Waals surface area contributed by atoms with Crippen molar-refractivity contribution < 1.29 is 4.79 Å². The van der Waals surface area contributed by atoms with Crippen molar-refractivity contribution in [3.63, 3.8) is 0 Å². The van der Waals surface area contributed by atoms with E-state index in [1.54, 1.807) is 0 Å². The van der Waals surface area contributed by atoms with Gasteiger partial charge < -0.3 is 5.32 Å². The third-order valence-electron chi connectivity index (χ3n) is 4.13. The molecule has 6 heteroatoms. The van der Waals surface area contributed by atoms with Gasteiger partial charge in [0, 0.05) is 5.56 Å². The number of aryl methyl sites for hydroxylation is 2. The van der Waals surface area contributed by atoms with E-state index in [1.165, 1.54) is 22.9 Å². The molecule has 1 heterocycles. The van der Waals surface area contributed by atoms with Gasteiger partial charge in [-0.15, -0.1) is 16.6 Å². The predicted octanol–water partition coefficient (Wildman–Crippen LogP) is 3.39. The van der Waals surface area contributed by atoms with E-state index in [1.807, 2.05) is 41.0 Å². The Hall–Kier alpha value is -3.04. The van der Waals surface area contributed by atoms with Gasteiger partial charge in [-0.2, -0.15) is 0 Å². The van der Waals surface area contributed by atoms with Crippen molar-refractivity contribution >= 4 is 17.7 Å². The molecule has 0 unspecified atom stereocenters. The molecule has 27 heavy (non-hydrogen) atoms. The zero-order valence-corrected chi connectivity index (χ0v) is 16.1. The molecular formula is C21H20N4OS. The van der Waals surface area contributed by atoms with Gasteiger partial charge in [-0.3, -0.25) is 9.36 Å². The van der Waals surface area contributed by atoms with E-state index >= 15 is 0 Å². The Morgan fingerprint density at radius 2 is 1.93 bits per heavy atom. The van der Waals surface area contributed by atoms with Crippen molar-refractivity contribution in [1.29, 1.82) is 0 Å². The van der Waals surface area contributed by atoms with E-state index in [-0.39, 0.29) is 18.2 Å². The molecule has 0 saturated carbocycles. The largest absolute Gasteiger partial charge is 0.344 e. The topological polar surface area (TPSA) is 59.8 Å². The molecule has 2 aromatic carbocycles. The van der Waals surface area contributed by atoms with Crippen LogP contribution in [0.1, 0.15) is 11.1 Å². The third-order valence-corrected chi connectivity index (χ3v) is 5.06. The number of aromatic nitrogens is 3. The SMILES string of the molecule is C#CCNC(=O)CSc1nnc(-c2ccccc2)n1-c1ccc(C)c(C)c1. The normalized spacial score (nSPS) is 10.4. The number of hydrogen-bond acceptors (Lipinski definition) is 4. The fourth-order valence-corrected chi connectivity index (χ4v) is 3.35. The first-order valence-electron chi connectivity index (χ1n) is 8.51. The molecule has 0 aliphatic rings. The summed E-state index contributed by atoms with van der Waals surface area (Å²) in [5, 5.41) is 12.0. The van der Waals surface area contributed by atoms with Gasteiger partial charge in [0.25, 0.3) is 0 Å². The lowest BCUT2D eigenvalue weighted by atomic mass is 10.1. The zero-order chi connectivity index (χ0) is 19.2. The van der Waals surface area contributed by atoms with Crippen LogP contribution in [0.3, 0.4) is 0 Å². The second-order valence-corrected chi connectivity index (χ2v) is 6.99. The number of hydrogen-bond donors (Lipinski definition) is 1. The summed E-state index contributed by atoms with van der Waals surface area (Å²) in [5.41, 5.74) is 4.33. The average Bonchev–Trinajstić information content (AvgIpc) is 3.11. The Morgan fingerprint density at radius 1 is 1.15 bits per heavy atom. The summed E-state index contributed by atoms with van der Waals surface area (Å²) in [6.07, 6.45) is 5.18. The zero-order valence-electron chi connectivity index (χ0n) is 15.3. The molecule has 0 atom stereocenters. The molecule has 0 spiro atoms. The molecule has 1 aromatic heterocycles. The van der Waals surface area contributed by atoms with Gasteiger partial charge >= 0.3 is 0 Å². The molecule has 1 N–H and O–H groups in total. The summed E-state index contributed by atoms with van der Waals surface area (Å²) in [7, 11) is 0. The first-order chi connectivity index (χ1) is 13.1. The highest BCUT2D eigenvalue weighted by Gasteiger charge is 2.17. The fourth-order valence-electron chi connectivity index (χ4n) is 2.57. The molecule has 0 bridgehead atoms. The maximum Gasteiger partial charge on any atom is 0.231 e. The van der Waals surface area contributed by atoms with Gasteiger partial charge in [0.2, 0.25) is 5.91 Å². The molecule has 0 saturated heterocycles. The molecule has 0 radical (unpaired) electrons. The monoisotopic (exact) mass is 376 g/mol. The van der Waals surface area contributed by atoms with Gasteiger partial charge in [-0.25, -0.2) is 0 Å². The van der Waals surface area contributed by atoms with Crippen LogP contribution < -0.4 is 5.32 Å². The molecule has 5 nitrogen and oxygen atoms in total. The summed E-state index contributed by atoms with van der Waals surface area (Å²) in [4.78, 5) is 11.9. The molecule has 0 aliphatic carbocycles. The molecule has 136 valence electrons. The van der Waals surface area contributed by atoms with Gasteiger partial charge in [0.05, 0.1) is 18.0 Å². The van der Waals surface area contributed by atoms with Crippen molar-refractivity contribution in [2.24, 2.45) is 0 Å². The molecule has 3 aromatic rings. The third kappa shape index (κ3) is 4.39. The number of nitrogens with zero attached hydrogens (tertiary/aromatic N) is 3. The Bertz CT molecular complexity index is 989. The van der Waals surface area contributed by atoms with Gasteiger partial charge in [-0.1, -0.05) is 54.1 Å². The lowest BCUT2D eigenvalue weighted by Crippen LogP contribution is -2.25. The van der Waals surface area contributed by atoms with Crippen LogP contribution in [0.15, 0.2) is 53.7 Å². The molecular weight excluding hydrogens is 356 g/mol.